The number of rotatable bonds is 17. The number of halogens is 1. The summed E-state index contributed by atoms with van der Waals surface area (Å²) < 4.78 is 25.7. The molecule has 1 amide bonds. The van der Waals surface area contributed by atoms with Gasteiger partial charge in [-0.25, -0.2) is 8.42 Å². The molecule has 0 atom stereocenters. The molecular weight excluding hydrogens is 545 g/mol. The predicted molar refractivity (Wildman–Crippen MR) is 150 cm³/mol. The molecular formula is C26H37ClNNaO4S3. The third kappa shape index (κ3) is 11.0. The molecule has 36 heavy (non-hydrogen) atoms. The van der Waals surface area contributed by atoms with Crippen LogP contribution in [0, 0.1) is 0 Å². The topological polar surface area (TPSA) is 77.5 Å². The van der Waals surface area contributed by atoms with E-state index < -0.39 is 15.1 Å². The van der Waals surface area contributed by atoms with E-state index in [0.717, 1.165) is 24.2 Å². The van der Waals surface area contributed by atoms with Gasteiger partial charge in [0.1, 0.15) is 4.99 Å². The maximum absolute atomic E-state index is 12.9. The first-order chi connectivity index (χ1) is 16.8. The van der Waals surface area contributed by atoms with Gasteiger partial charge in [-0.2, -0.15) is 0 Å². The Bertz CT molecular complexity index is 985. The van der Waals surface area contributed by atoms with Crippen molar-refractivity contribution in [3.8, 4) is 0 Å². The third-order valence-corrected chi connectivity index (χ3v) is 9.70. The fourth-order valence-electron chi connectivity index (χ4n) is 4.12. The van der Waals surface area contributed by atoms with Gasteiger partial charge in [-0.1, -0.05) is 114 Å². The largest absolute Gasteiger partial charge is 1.00 e. The van der Waals surface area contributed by atoms with Crippen LogP contribution in [0.2, 0.25) is 5.02 Å². The Kier molecular flexibility index (Phi) is 17.2. The van der Waals surface area contributed by atoms with Crippen LogP contribution in [0.15, 0.2) is 34.3 Å². The van der Waals surface area contributed by atoms with E-state index in [4.69, 9.17) is 23.8 Å². The van der Waals surface area contributed by atoms with Crippen molar-refractivity contribution in [2.24, 2.45) is 0 Å². The Morgan fingerprint density at radius 2 is 1.44 bits per heavy atom. The van der Waals surface area contributed by atoms with Crippen molar-refractivity contribution >= 4 is 61.3 Å². The van der Waals surface area contributed by atoms with Gasteiger partial charge >= 0.3 is 29.6 Å². The zero-order valence-electron chi connectivity index (χ0n) is 21.6. The summed E-state index contributed by atoms with van der Waals surface area (Å²) >= 11 is 12.1. The molecule has 0 spiro atoms. The summed E-state index contributed by atoms with van der Waals surface area (Å²) in [6.45, 7) is 2.25. The number of hydrogen-bond acceptors (Lipinski definition) is 6. The predicted octanol–water partition coefficient (Wildman–Crippen LogP) is 4.80. The summed E-state index contributed by atoms with van der Waals surface area (Å²) in [4.78, 5) is 13.7. The van der Waals surface area contributed by atoms with Crippen LogP contribution >= 0.6 is 35.6 Å². The Morgan fingerprint density at radius 3 is 1.92 bits per heavy atom. The van der Waals surface area contributed by atoms with Crippen LogP contribution in [-0.4, -0.2) is 24.4 Å². The summed E-state index contributed by atoms with van der Waals surface area (Å²) in [7, 11) is -3.52. The molecule has 0 radical (unpaired) electrons. The van der Waals surface area contributed by atoms with E-state index in [9.17, 15) is 18.3 Å². The Balaban J connectivity index is 0.00000648. The molecule has 2 rings (SSSR count). The molecule has 1 aromatic rings. The number of thiocarbonyl (C=S) groups is 1. The van der Waals surface area contributed by atoms with Gasteiger partial charge in [-0.05, 0) is 36.4 Å². The second kappa shape index (κ2) is 18.2. The number of amides is 1. The van der Waals surface area contributed by atoms with E-state index in [1.54, 1.807) is 0 Å². The van der Waals surface area contributed by atoms with Gasteiger partial charge in [-0.3, -0.25) is 9.69 Å². The van der Waals surface area contributed by atoms with Gasteiger partial charge in [0.15, 0.2) is 9.84 Å². The molecule has 1 aliphatic heterocycles. The number of benzene rings is 1. The average Bonchev–Trinajstić information content (AvgIpc) is 3.12. The maximum atomic E-state index is 12.9. The number of carbonyl (C=O) groups excluding carboxylic acids is 1. The van der Waals surface area contributed by atoms with Crippen molar-refractivity contribution in [2.45, 2.75) is 102 Å². The summed E-state index contributed by atoms with van der Waals surface area (Å²) in [5.74, 6) is 0.0466. The molecule has 1 heterocycles. The van der Waals surface area contributed by atoms with Crippen LogP contribution in [0.5, 0.6) is 0 Å². The van der Waals surface area contributed by atoms with Crippen LogP contribution in [-0.2, 0) is 9.84 Å². The third-order valence-electron chi connectivity index (χ3n) is 6.18. The molecule has 1 aliphatic rings. The molecule has 1 saturated heterocycles. The molecule has 0 unspecified atom stereocenters. The van der Waals surface area contributed by atoms with Gasteiger partial charge < -0.3 is 5.11 Å². The van der Waals surface area contributed by atoms with E-state index in [2.05, 4.69) is 6.92 Å². The number of unbranched alkanes of at least 4 members (excludes halogenated alkanes) is 13. The van der Waals surface area contributed by atoms with E-state index in [1.807, 2.05) is 0 Å². The van der Waals surface area contributed by atoms with Gasteiger partial charge in [0.05, 0.1) is 21.4 Å². The van der Waals surface area contributed by atoms with Crippen LogP contribution in [0.25, 0.3) is 0 Å². The van der Waals surface area contributed by atoms with Crippen molar-refractivity contribution in [1.82, 2.24) is 0 Å². The number of nitrogens with zero attached hydrogens (tertiary/aromatic N) is 1. The standard InChI is InChI=1S/C26H38ClNO4S3.Na/c1-2-3-4-5-6-7-8-9-10-11-12-13-14-15-18-35(31,32)21-16-17-22(27)23(19-21)28-25(33)24(20-29)34-26(28)30;/h16-17,19-20,29H,2-15,18H2,1H3;/q;+1/p-1/b24-20-;. The molecule has 5 nitrogen and oxygen atoms in total. The zero-order chi connectivity index (χ0) is 25.7. The normalized spacial score (nSPS) is 15.1. The number of carbonyl (C=O) groups is 1. The molecule has 10 heteroatoms. The number of hydrogen-bond donors (Lipinski definition) is 0. The first-order valence-electron chi connectivity index (χ1n) is 12.7. The summed E-state index contributed by atoms with van der Waals surface area (Å²) in [6.07, 6.45) is 17.4. The van der Waals surface area contributed by atoms with Crippen molar-refractivity contribution < 1.29 is 47.9 Å². The number of sulfone groups is 1. The summed E-state index contributed by atoms with van der Waals surface area (Å²) in [5.41, 5.74) is 0.188. The first-order valence-corrected chi connectivity index (χ1v) is 16.0. The van der Waals surface area contributed by atoms with Crippen molar-refractivity contribution in [3.63, 3.8) is 0 Å². The average molecular weight is 582 g/mol. The second-order valence-electron chi connectivity index (χ2n) is 9.02. The monoisotopic (exact) mass is 581 g/mol. The maximum Gasteiger partial charge on any atom is 1.00 e. The molecule has 0 aromatic heterocycles. The van der Waals surface area contributed by atoms with E-state index in [1.165, 1.54) is 82.4 Å². The molecule has 0 saturated carbocycles. The van der Waals surface area contributed by atoms with Crippen LogP contribution < -0.4 is 39.6 Å². The first kappa shape index (κ1) is 33.9. The summed E-state index contributed by atoms with van der Waals surface area (Å²) in [5, 5.41) is 10.8. The van der Waals surface area contributed by atoms with E-state index in [0.29, 0.717) is 24.4 Å². The Labute approximate surface area is 254 Å². The van der Waals surface area contributed by atoms with Gasteiger partial charge in [0.25, 0.3) is 5.24 Å². The quantitative estimate of drug-likeness (QED) is 0.0864. The van der Waals surface area contributed by atoms with Crippen molar-refractivity contribution in [2.75, 3.05) is 10.7 Å². The van der Waals surface area contributed by atoms with Crippen molar-refractivity contribution in [3.05, 3.63) is 34.4 Å². The smallest absolute Gasteiger partial charge is 0.877 e. The van der Waals surface area contributed by atoms with E-state index in [-0.39, 0.29) is 60.8 Å². The molecule has 0 bridgehead atoms. The molecule has 1 aromatic carbocycles. The van der Waals surface area contributed by atoms with Gasteiger partial charge in [0.2, 0.25) is 0 Å². The Hall–Kier alpha value is -0.0900. The molecule has 196 valence electrons. The fourth-order valence-corrected chi connectivity index (χ4v) is 6.82. The van der Waals surface area contributed by atoms with E-state index >= 15 is 0 Å². The second-order valence-corrected chi connectivity index (χ2v) is 12.9. The Morgan fingerprint density at radius 1 is 0.944 bits per heavy atom. The van der Waals surface area contributed by atoms with Gasteiger partial charge in [-0.15, -0.1) is 6.26 Å². The SMILES string of the molecule is CCCCCCCCCCCCCCCCS(=O)(=O)c1ccc(Cl)c(N2C(=O)S/C(=C\[O-])C2=S)c1.[Na+]. The molecule has 1 fully saturated rings. The fraction of sp³-hybridized carbons (Fsp3) is 0.615. The van der Waals surface area contributed by atoms with Crippen LogP contribution in [0.3, 0.4) is 0 Å². The van der Waals surface area contributed by atoms with Crippen molar-refractivity contribution in [1.29, 1.82) is 0 Å². The molecule has 0 aliphatic carbocycles. The minimum absolute atomic E-state index is 0. The van der Waals surface area contributed by atoms with Crippen LogP contribution in [0.1, 0.15) is 96.8 Å². The summed E-state index contributed by atoms with van der Waals surface area (Å²) in [6, 6.07) is 4.28. The zero-order valence-corrected chi connectivity index (χ0v) is 26.8. The van der Waals surface area contributed by atoms with Gasteiger partial charge in [0, 0.05) is 4.91 Å². The number of thioether (sulfide) groups is 1. The molecule has 0 N–H and O–H groups in total. The minimum atomic E-state index is -3.52. The van der Waals surface area contributed by atoms with Crippen LogP contribution in [0.4, 0.5) is 10.5 Å². The minimum Gasteiger partial charge on any atom is -0.877 e. The number of anilines is 1.